The lowest BCUT2D eigenvalue weighted by molar-refractivity contribution is -0.127. The molecule has 7 nitrogen and oxygen atoms in total. The summed E-state index contributed by atoms with van der Waals surface area (Å²) >= 11 is 1.37. The zero-order valence-corrected chi connectivity index (χ0v) is 14.0. The fourth-order valence-electron chi connectivity index (χ4n) is 2.53. The second-order valence-corrected chi connectivity index (χ2v) is 6.36. The van der Waals surface area contributed by atoms with Gasteiger partial charge in [0.2, 0.25) is 5.91 Å². The topological polar surface area (TPSA) is 87.2 Å². The van der Waals surface area contributed by atoms with Gasteiger partial charge in [0.1, 0.15) is 0 Å². The van der Waals surface area contributed by atoms with Gasteiger partial charge in [0, 0.05) is 49.4 Å². The van der Waals surface area contributed by atoms with E-state index in [-0.39, 0.29) is 11.9 Å². The number of likely N-dealkylation sites (tertiary alicyclic amines) is 1. The molecule has 3 amide bonds. The van der Waals surface area contributed by atoms with Crippen molar-refractivity contribution in [2.45, 2.75) is 19.3 Å². The van der Waals surface area contributed by atoms with Crippen LogP contribution in [-0.4, -0.2) is 46.4 Å². The third-order valence-corrected chi connectivity index (χ3v) is 4.50. The summed E-state index contributed by atoms with van der Waals surface area (Å²) in [6.45, 7) is 2.05. The molecule has 24 heavy (non-hydrogen) atoms. The number of nitrogens with one attached hydrogen (secondary N) is 2. The number of aromatic nitrogens is 2. The van der Waals surface area contributed by atoms with E-state index in [0.29, 0.717) is 24.6 Å². The summed E-state index contributed by atoms with van der Waals surface area (Å²) in [5, 5.41) is 7.93. The Hall–Kier alpha value is -2.48. The number of anilines is 1. The van der Waals surface area contributed by atoms with Crippen molar-refractivity contribution in [1.82, 2.24) is 20.2 Å². The van der Waals surface area contributed by atoms with Crippen molar-refractivity contribution < 1.29 is 9.59 Å². The van der Waals surface area contributed by atoms with Crippen LogP contribution in [0, 0.1) is 0 Å². The van der Waals surface area contributed by atoms with Gasteiger partial charge in [-0.1, -0.05) is 0 Å². The van der Waals surface area contributed by atoms with E-state index in [4.69, 9.17) is 0 Å². The predicted molar refractivity (Wildman–Crippen MR) is 92.8 cm³/mol. The molecule has 8 heteroatoms. The molecule has 2 aromatic rings. The largest absolute Gasteiger partial charge is 0.343 e. The number of thiazole rings is 1. The fraction of sp³-hybridized carbons (Fsp3) is 0.375. The molecule has 0 spiro atoms. The number of amides is 3. The van der Waals surface area contributed by atoms with E-state index in [1.807, 2.05) is 22.4 Å². The molecule has 0 aliphatic carbocycles. The highest BCUT2D eigenvalue weighted by atomic mass is 32.1. The van der Waals surface area contributed by atoms with Gasteiger partial charge in [0.05, 0.1) is 5.69 Å². The Labute approximate surface area is 144 Å². The van der Waals surface area contributed by atoms with Crippen LogP contribution in [0.3, 0.4) is 0 Å². The van der Waals surface area contributed by atoms with Gasteiger partial charge < -0.3 is 10.2 Å². The zero-order chi connectivity index (χ0) is 16.8. The van der Waals surface area contributed by atoms with Crippen LogP contribution in [0.15, 0.2) is 29.9 Å². The summed E-state index contributed by atoms with van der Waals surface area (Å²) in [6, 6.07) is 3.49. The van der Waals surface area contributed by atoms with Crippen molar-refractivity contribution >= 4 is 28.4 Å². The molecular weight excluding hydrogens is 326 g/mol. The van der Waals surface area contributed by atoms with Gasteiger partial charge in [0.15, 0.2) is 5.13 Å². The lowest BCUT2D eigenvalue weighted by atomic mass is 10.2. The van der Waals surface area contributed by atoms with Crippen LogP contribution >= 0.6 is 11.3 Å². The van der Waals surface area contributed by atoms with Crippen LogP contribution in [0.2, 0.25) is 0 Å². The maximum atomic E-state index is 11.9. The second kappa shape index (κ2) is 7.87. The predicted octanol–water partition coefficient (Wildman–Crippen LogP) is 2.34. The highest BCUT2D eigenvalue weighted by Crippen LogP contribution is 2.23. The Kier molecular flexibility index (Phi) is 5.37. The Morgan fingerprint density at radius 3 is 3.08 bits per heavy atom. The Morgan fingerprint density at radius 1 is 1.42 bits per heavy atom. The van der Waals surface area contributed by atoms with Crippen molar-refractivity contribution in [2.75, 3.05) is 25.0 Å². The van der Waals surface area contributed by atoms with Crippen LogP contribution in [0.1, 0.15) is 19.3 Å². The molecule has 0 bridgehead atoms. The van der Waals surface area contributed by atoms with Gasteiger partial charge in [-0.25, -0.2) is 9.78 Å². The number of nitrogens with zero attached hydrogens (tertiary/aromatic N) is 3. The summed E-state index contributed by atoms with van der Waals surface area (Å²) in [4.78, 5) is 33.6. The van der Waals surface area contributed by atoms with Crippen LogP contribution in [0.5, 0.6) is 0 Å². The van der Waals surface area contributed by atoms with Crippen molar-refractivity contribution in [3.05, 3.63) is 29.9 Å². The van der Waals surface area contributed by atoms with Crippen molar-refractivity contribution in [3.8, 4) is 11.3 Å². The Balaban J connectivity index is 1.41. The minimum atomic E-state index is -0.283. The Morgan fingerprint density at radius 2 is 2.33 bits per heavy atom. The molecule has 0 aromatic carbocycles. The Bertz CT molecular complexity index is 704. The number of carbonyl (C=O) groups is 2. The summed E-state index contributed by atoms with van der Waals surface area (Å²) in [5.41, 5.74) is 1.70. The average molecular weight is 345 g/mol. The first-order valence-electron chi connectivity index (χ1n) is 7.91. The summed E-state index contributed by atoms with van der Waals surface area (Å²) < 4.78 is 0. The summed E-state index contributed by atoms with van der Waals surface area (Å²) in [5.74, 6) is 0.213. The number of rotatable bonds is 6. The lowest BCUT2D eigenvalue weighted by Gasteiger charge is -2.15. The standard InChI is InChI=1S/C16H19N5O2S/c22-14-5-2-8-21(14)9-3-7-18-15(23)20-16-19-13(11-24-16)12-4-1-6-17-10-12/h1,4,6,10-11H,2-3,5,7-9H2,(H2,18,19,20,23). The van der Waals surface area contributed by atoms with Gasteiger partial charge in [-0.05, 0) is 25.0 Å². The smallest absolute Gasteiger partial charge is 0.321 e. The molecule has 2 aromatic heterocycles. The number of hydrogen-bond donors (Lipinski definition) is 2. The maximum Gasteiger partial charge on any atom is 0.321 e. The van der Waals surface area contributed by atoms with E-state index in [9.17, 15) is 9.59 Å². The van der Waals surface area contributed by atoms with Gasteiger partial charge in [-0.2, -0.15) is 0 Å². The SMILES string of the molecule is O=C(NCCCN1CCCC1=O)Nc1nc(-c2cccnc2)cs1. The van der Waals surface area contributed by atoms with E-state index in [1.165, 1.54) is 11.3 Å². The average Bonchev–Trinajstić information content (AvgIpc) is 3.22. The molecule has 1 aliphatic heterocycles. The van der Waals surface area contributed by atoms with Crippen LogP contribution in [0.4, 0.5) is 9.93 Å². The first-order chi connectivity index (χ1) is 11.7. The molecule has 0 saturated carbocycles. The normalized spacial score (nSPS) is 14.0. The van der Waals surface area contributed by atoms with Gasteiger partial charge in [-0.15, -0.1) is 11.3 Å². The highest BCUT2D eigenvalue weighted by molar-refractivity contribution is 7.14. The summed E-state index contributed by atoms with van der Waals surface area (Å²) in [6.07, 6.45) is 5.78. The molecule has 126 valence electrons. The molecule has 3 heterocycles. The van der Waals surface area contributed by atoms with Crippen molar-refractivity contribution in [3.63, 3.8) is 0 Å². The molecule has 0 unspecified atom stereocenters. The monoisotopic (exact) mass is 345 g/mol. The van der Waals surface area contributed by atoms with Gasteiger partial charge >= 0.3 is 6.03 Å². The van der Waals surface area contributed by atoms with Crippen molar-refractivity contribution in [1.29, 1.82) is 0 Å². The first-order valence-corrected chi connectivity index (χ1v) is 8.79. The van der Waals surface area contributed by atoms with Crippen LogP contribution in [0.25, 0.3) is 11.3 Å². The van der Waals surface area contributed by atoms with E-state index in [1.54, 1.807) is 12.4 Å². The molecule has 1 aliphatic rings. The van der Waals surface area contributed by atoms with E-state index < -0.39 is 0 Å². The van der Waals surface area contributed by atoms with E-state index in [2.05, 4.69) is 20.6 Å². The number of hydrogen-bond acceptors (Lipinski definition) is 5. The molecule has 1 saturated heterocycles. The second-order valence-electron chi connectivity index (χ2n) is 5.50. The van der Waals surface area contributed by atoms with Gasteiger partial charge in [-0.3, -0.25) is 15.1 Å². The van der Waals surface area contributed by atoms with E-state index in [0.717, 1.165) is 30.6 Å². The summed E-state index contributed by atoms with van der Waals surface area (Å²) in [7, 11) is 0. The molecule has 0 radical (unpaired) electrons. The zero-order valence-electron chi connectivity index (χ0n) is 13.2. The molecule has 0 atom stereocenters. The minimum absolute atomic E-state index is 0.213. The third kappa shape index (κ3) is 4.29. The number of carbonyl (C=O) groups excluding carboxylic acids is 2. The molecule has 2 N–H and O–H groups in total. The fourth-order valence-corrected chi connectivity index (χ4v) is 3.25. The number of urea groups is 1. The first kappa shape index (κ1) is 16.4. The number of pyridine rings is 1. The van der Waals surface area contributed by atoms with Gasteiger partial charge in [0.25, 0.3) is 0 Å². The maximum absolute atomic E-state index is 11.9. The lowest BCUT2D eigenvalue weighted by Crippen LogP contribution is -2.32. The molecule has 3 rings (SSSR count). The minimum Gasteiger partial charge on any atom is -0.343 e. The molecule has 1 fully saturated rings. The van der Waals surface area contributed by atoms with Crippen LogP contribution in [-0.2, 0) is 4.79 Å². The quantitative estimate of drug-likeness (QED) is 0.787. The van der Waals surface area contributed by atoms with Crippen LogP contribution < -0.4 is 10.6 Å². The van der Waals surface area contributed by atoms with E-state index >= 15 is 0 Å². The highest BCUT2D eigenvalue weighted by Gasteiger charge is 2.19. The van der Waals surface area contributed by atoms with Crippen molar-refractivity contribution in [2.24, 2.45) is 0 Å². The third-order valence-electron chi connectivity index (χ3n) is 3.74. The molecular formula is C16H19N5O2S.